The van der Waals surface area contributed by atoms with Crippen LogP contribution in [0.2, 0.25) is 0 Å². The van der Waals surface area contributed by atoms with Gasteiger partial charge in [0.1, 0.15) is 5.82 Å². The number of aliphatic hydroxyl groups is 1. The van der Waals surface area contributed by atoms with Crippen LogP contribution in [-0.2, 0) is 4.74 Å². The van der Waals surface area contributed by atoms with Crippen molar-refractivity contribution in [3.63, 3.8) is 0 Å². The second-order valence-corrected chi connectivity index (χ2v) is 4.19. The number of methoxy groups -OCH3 is 1. The Morgan fingerprint density at radius 2 is 2.29 bits per heavy atom. The van der Waals surface area contributed by atoms with E-state index in [1.165, 1.54) is 0 Å². The maximum absolute atomic E-state index is 9.68. The number of pyridine rings is 1. The first-order valence-electron chi connectivity index (χ1n) is 5.65. The van der Waals surface area contributed by atoms with Gasteiger partial charge in [-0.05, 0) is 13.0 Å². The van der Waals surface area contributed by atoms with Crippen LogP contribution < -0.4 is 10.6 Å². The van der Waals surface area contributed by atoms with Gasteiger partial charge in [0.25, 0.3) is 0 Å². The fourth-order valence-electron chi connectivity index (χ4n) is 1.73. The number of likely N-dealkylation sites (N-methyl/N-ethyl adjacent to an activating group) is 1. The van der Waals surface area contributed by atoms with Crippen LogP contribution >= 0.6 is 0 Å². The number of hydrogen-bond donors (Lipinski definition) is 2. The van der Waals surface area contributed by atoms with Crippen molar-refractivity contribution in [1.82, 2.24) is 4.98 Å². The fourth-order valence-corrected chi connectivity index (χ4v) is 1.73. The summed E-state index contributed by atoms with van der Waals surface area (Å²) in [5.74, 6) is 0.803. The van der Waals surface area contributed by atoms with E-state index in [0.717, 1.165) is 11.4 Å². The van der Waals surface area contributed by atoms with Gasteiger partial charge in [-0.3, -0.25) is 0 Å². The molecule has 1 aromatic heterocycles. The highest BCUT2D eigenvalue weighted by Crippen LogP contribution is 2.21. The predicted octanol–water partition coefficient (Wildman–Crippen LogP) is 0.545. The molecule has 1 unspecified atom stereocenters. The number of nitrogens with zero attached hydrogens (tertiary/aromatic N) is 2. The van der Waals surface area contributed by atoms with Crippen LogP contribution in [0.4, 0.5) is 5.82 Å². The smallest absolute Gasteiger partial charge is 0.133 e. The van der Waals surface area contributed by atoms with E-state index in [2.05, 4.69) is 4.98 Å². The molecule has 0 aliphatic rings. The molecule has 17 heavy (non-hydrogen) atoms. The van der Waals surface area contributed by atoms with Gasteiger partial charge in [-0.15, -0.1) is 0 Å². The van der Waals surface area contributed by atoms with Crippen LogP contribution in [0.5, 0.6) is 0 Å². The van der Waals surface area contributed by atoms with Crippen molar-refractivity contribution in [3.8, 4) is 0 Å². The lowest BCUT2D eigenvalue weighted by Gasteiger charge is -2.24. The highest BCUT2D eigenvalue weighted by molar-refractivity contribution is 5.47. The SMILES string of the molecule is COCC(O)CN(C)c1ncccc1[C@H](C)N. The molecule has 2 atom stereocenters. The molecule has 1 heterocycles. The number of ether oxygens (including phenoxy) is 1. The number of hydrogen-bond acceptors (Lipinski definition) is 5. The zero-order valence-corrected chi connectivity index (χ0v) is 10.6. The van der Waals surface area contributed by atoms with E-state index in [0.29, 0.717) is 13.2 Å². The van der Waals surface area contributed by atoms with Crippen molar-refractivity contribution in [2.24, 2.45) is 5.73 Å². The van der Waals surface area contributed by atoms with Gasteiger partial charge in [-0.2, -0.15) is 0 Å². The summed E-state index contributed by atoms with van der Waals surface area (Å²) in [5, 5.41) is 9.68. The van der Waals surface area contributed by atoms with Crippen LogP contribution in [0, 0.1) is 0 Å². The topological polar surface area (TPSA) is 71.6 Å². The summed E-state index contributed by atoms with van der Waals surface area (Å²) in [6, 6.07) is 3.73. The molecule has 0 aromatic carbocycles. The molecule has 5 nitrogen and oxygen atoms in total. The summed E-state index contributed by atoms with van der Waals surface area (Å²) in [6.07, 6.45) is 1.19. The number of anilines is 1. The third kappa shape index (κ3) is 3.96. The summed E-state index contributed by atoms with van der Waals surface area (Å²) in [5.41, 5.74) is 6.86. The van der Waals surface area contributed by atoms with E-state index in [-0.39, 0.29) is 6.04 Å². The van der Waals surface area contributed by atoms with Crippen LogP contribution in [0.1, 0.15) is 18.5 Å². The minimum atomic E-state index is -0.534. The van der Waals surface area contributed by atoms with Crippen LogP contribution in [0.3, 0.4) is 0 Å². The maximum atomic E-state index is 9.68. The molecule has 1 aromatic rings. The second-order valence-electron chi connectivity index (χ2n) is 4.19. The van der Waals surface area contributed by atoms with Gasteiger partial charge >= 0.3 is 0 Å². The average molecular weight is 239 g/mol. The molecular weight excluding hydrogens is 218 g/mol. The van der Waals surface area contributed by atoms with Crippen molar-refractivity contribution < 1.29 is 9.84 Å². The van der Waals surface area contributed by atoms with Gasteiger partial charge in [0, 0.05) is 38.5 Å². The number of rotatable bonds is 6. The molecule has 0 fully saturated rings. The largest absolute Gasteiger partial charge is 0.389 e. The van der Waals surface area contributed by atoms with E-state index in [1.54, 1.807) is 13.3 Å². The molecule has 0 amide bonds. The van der Waals surface area contributed by atoms with E-state index in [1.807, 2.05) is 31.0 Å². The van der Waals surface area contributed by atoms with Crippen molar-refractivity contribution >= 4 is 5.82 Å². The predicted molar refractivity (Wildman–Crippen MR) is 68.0 cm³/mol. The first-order valence-corrected chi connectivity index (χ1v) is 5.65. The minimum Gasteiger partial charge on any atom is -0.389 e. The molecule has 3 N–H and O–H groups in total. The molecule has 0 bridgehead atoms. The first kappa shape index (κ1) is 13.9. The average Bonchev–Trinajstić information content (AvgIpc) is 2.29. The zero-order chi connectivity index (χ0) is 12.8. The Labute approximate surface area is 102 Å². The highest BCUT2D eigenvalue weighted by Gasteiger charge is 2.14. The zero-order valence-electron chi connectivity index (χ0n) is 10.6. The maximum Gasteiger partial charge on any atom is 0.133 e. The van der Waals surface area contributed by atoms with Gasteiger partial charge in [0.2, 0.25) is 0 Å². The first-order chi connectivity index (χ1) is 8.06. The monoisotopic (exact) mass is 239 g/mol. The summed E-state index contributed by atoms with van der Waals surface area (Å²) >= 11 is 0. The van der Waals surface area contributed by atoms with Crippen LogP contribution in [0.25, 0.3) is 0 Å². The Kier molecular flexibility index (Phi) is 5.34. The lowest BCUT2D eigenvalue weighted by Crippen LogP contribution is -2.33. The van der Waals surface area contributed by atoms with Gasteiger partial charge in [-0.25, -0.2) is 4.98 Å². The molecule has 0 radical (unpaired) electrons. The molecule has 0 spiro atoms. The van der Waals surface area contributed by atoms with Gasteiger partial charge in [-0.1, -0.05) is 6.07 Å². The Balaban J connectivity index is 2.77. The Bertz CT molecular complexity index is 344. The number of aliphatic hydroxyl groups excluding tert-OH is 1. The Morgan fingerprint density at radius 1 is 1.59 bits per heavy atom. The minimum absolute atomic E-state index is 0.0827. The molecule has 0 aliphatic carbocycles. The standard InChI is InChI=1S/C12H21N3O2/c1-9(13)11-5-4-6-14-12(11)15(2)7-10(16)8-17-3/h4-6,9-10,16H,7-8,13H2,1-3H3/t9-,10?/m0/s1. The summed E-state index contributed by atoms with van der Waals surface area (Å²) in [4.78, 5) is 6.20. The molecule has 96 valence electrons. The fraction of sp³-hybridized carbons (Fsp3) is 0.583. The third-order valence-electron chi connectivity index (χ3n) is 2.51. The lowest BCUT2D eigenvalue weighted by atomic mass is 10.1. The lowest BCUT2D eigenvalue weighted by molar-refractivity contribution is 0.0694. The third-order valence-corrected chi connectivity index (χ3v) is 2.51. The molecule has 5 heteroatoms. The highest BCUT2D eigenvalue weighted by atomic mass is 16.5. The van der Waals surface area contributed by atoms with Gasteiger partial charge in [0.05, 0.1) is 12.7 Å². The summed E-state index contributed by atoms with van der Waals surface area (Å²) in [6.45, 7) is 2.69. The molecule has 0 aliphatic heterocycles. The summed E-state index contributed by atoms with van der Waals surface area (Å²) < 4.78 is 4.90. The van der Waals surface area contributed by atoms with Crippen molar-refractivity contribution in [2.45, 2.75) is 19.1 Å². The van der Waals surface area contributed by atoms with Crippen LogP contribution in [0.15, 0.2) is 18.3 Å². The second kappa shape index (κ2) is 6.54. The van der Waals surface area contributed by atoms with E-state index in [9.17, 15) is 5.11 Å². The van der Waals surface area contributed by atoms with E-state index in [4.69, 9.17) is 10.5 Å². The molecule has 0 saturated heterocycles. The summed E-state index contributed by atoms with van der Waals surface area (Å²) in [7, 11) is 3.45. The molecule has 1 rings (SSSR count). The van der Waals surface area contributed by atoms with Gasteiger partial charge < -0.3 is 20.5 Å². The van der Waals surface area contributed by atoms with E-state index >= 15 is 0 Å². The molecule has 0 saturated carbocycles. The van der Waals surface area contributed by atoms with Crippen LogP contribution in [-0.4, -0.2) is 43.5 Å². The number of aromatic nitrogens is 1. The van der Waals surface area contributed by atoms with Gasteiger partial charge in [0.15, 0.2) is 0 Å². The number of nitrogens with two attached hydrogens (primary N) is 1. The molecular formula is C12H21N3O2. The van der Waals surface area contributed by atoms with Crippen molar-refractivity contribution in [3.05, 3.63) is 23.9 Å². The Morgan fingerprint density at radius 3 is 2.88 bits per heavy atom. The quantitative estimate of drug-likeness (QED) is 0.758. The van der Waals surface area contributed by atoms with Crippen molar-refractivity contribution in [1.29, 1.82) is 0 Å². The van der Waals surface area contributed by atoms with E-state index < -0.39 is 6.10 Å². The van der Waals surface area contributed by atoms with Crippen molar-refractivity contribution in [2.75, 3.05) is 32.2 Å². The Hall–Kier alpha value is -1.17. The normalized spacial score (nSPS) is 14.4.